The molecule has 2 atom stereocenters. The molecule has 0 aliphatic rings. The van der Waals surface area contributed by atoms with E-state index in [1.165, 1.54) is 0 Å². The van der Waals surface area contributed by atoms with E-state index in [0.717, 1.165) is 12.8 Å². The van der Waals surface area contributed by atoms with Crippen LogP contribution in [-0.2, 0) is 9.59 Å². The maximum atomic E-state index is 10.1. The van der Waals surface area contributed by atoms with Crippen LogP contribution in [0.5, 0.6) is 0 Å². The molecule has 0 fully saturated rings. The Morgan fingerprint density at radius 3 is 1.76 bits per heavy atom. The van der Waals surface area contributed by atoms with E-state index in [0.29, 0.717) is 13.0 Å². The number of carbonyl (C=O) groups is 2. The molecular weight excluding hydrogens is 246 g/mol. The number of hydrogen-bond donors (Lipinski definition) is 6. The van der Waals surface area contributed by atoms with Gasteiger partial charge >= 0.3 is 11.9 Å². The van der Waals surface area contributed by atoms with Crippen LogP contribution in [0.4, 0.5) is 0 Å². The molecule has 0 aromatic carbocycles. The Balaban J connectivity index is 0. The van der Waals surface area contributed by atoms with Gasteiger partial charge in [0.15, 0.2) is 0 Å². The van der Waals surface area contributed by atoms with Crippen LogP contribution in [-0.4, -0.2) is 46.5 Å². The second kappa shape index (κ2) is 11.6. The third-order valence-electron chi connectivity index (χ3n) is 1.80. The van der Waals surface area contributed by atoms with Crippen LogP contribution >= 0.6 is 12.6 Å². The second-order valence-electron chi connectivity index (χ2n) is 3.36. The van der Waals surface area contributed by atoms with Crippen LogP contribution < -0.4 is 17.2 Å². The molecule has 17 heavy (non-hydrogen) atoms. The van der Waals surface area contributed by atoms with Crippen molar-refractivity contribution in [3.8, 4) is 0 Å². The van der Waals surface area contributed by atoms with Crippen molar-refractivity contribution in [1.82, 2.24) is 0 Å². The minimum atomic E-state index is -1.00. The van der Waals surface area contributed by atoms with E-state index in [1.807, 2.05) is 0 Å². The lowest BCUT2D eigenvalue weighted by Gasteiger charge is -2.03. The molecule has 0 aliphatic heterocycles. The van der Waals surface area contributed by atoms with Gasteiger partial charge in [0.1, 0.15) is 12.1 Å². The molecule has 0 spiro atoms. The minimum absolute atomic E-state index is 0.190. The van der Waals surface area contributed by atoms with E-state index in [2.05, 4.69) is 12.6 Å². The number of aliphatic carboxylic acids is 2. The van der Waals surface area contributed by atoms with Gasteiger partial charge in [-0.05, 0) is 19.4 Å². The Hall–Kier alpha value is -0.830. The van der Waals surface area contributed by atoms with Gasteiger partial charge in [0.25, 0.3) is 0 Å². The molecule has 8 N–H and O–H groups in total. The van der Waals surface area contributed by atoms with Crippen molar-refractivity contribution in [2.45, 2.75) is 31.3 Å². The summed E-state index contributed by atoms with van der Waals surface area (Å²) < 4.78 is 0. The molecule has 7 nitrogen and oxygen atoms in total. The molecule has 0 rings (SSSR count). The van der Waals surface area contributed by atoms with E-state index in [4.69, 9.17) is 27.4 Å². The first kappa shape index (κ1) is 18.5. The van der Waals surface area contributed by atoms with Gasteiger partial charge < -0.3 is 27.4 Å². The van der Waals surface area contributed by atoms with Crippen LogP contribution in [0.1, 0.15) is 19.3 Å². The zero-order valence-electron chi connectivity index (χ0n) is 9.58. The fourth-order valence-electron chi connectivity index (χ4n) is 0.710. The molecule has 0 aromatic heterocycles. The fourth-order valence-corrected chi connectivity index (χ4v) is 0.866. The Labute approximate surface area is 106 Å². The molecule has 0 heterocycles. The Bertz CT molecular complexity index is 228. The number of unbranched alkanes of at least 4 members (excludes halogenated alkanes) is 1. The van der Waals surface area contributed by atoms with Crippen molar-refractivity contribution in [1.29, 1.82) is 0 Å². The highest BCUT2D eigenvalue weighted by molar-refractivity contribution is 7.80. The van der Waals surface area contributed by atoms with Gasteiger partial charge in [-0.3, -0.25) is 9.59 Å². The summed E-state index contributed by atoms with van der Waals surface area (Å²) in [5.74, 6) is -1.75. The normalized spacial score (nSPS) is 13.2. The highest BCUT2D eigenvalue weighted by atomic mass is 32.1. The molecule has 0 unspecified atom stereocenters. The molecule has 0 aromatic rings. The van der Waals surface area contributed by atoms with Crippen molar-refractivity contribution in [3.63, 3.8) is 0 Å². The number of hydrogen-bond acceptors (Lipinski definition) is 6. The number of carboxylic acid groups (broad SMARTS) is 2. The van der Waals surface area contributed by atoms with Crippen molar-refractivity contribution in [2.24, 2.45) is 17.2 Å². The summed E-state index contributed by atoms with van der Waals surface area (Å²) in [4.78, 5) is 19.9. The van der Waals surface area contributed by atoms with Crippen molar-refractivity contribution >= 4 is 24.6 Å². The maximum absolute atomic E-state index is 10.1. The monoisotopic (exact) mass is 267 g/mol. The van der Waals surface area contributed by atoms with Gasteiger partial charge in [0.05, 0.1) is 0 Å². The van der Waals surface area contributed by atoms with Crippen molar-refractivity contribution in [3.05, 3.63) is 0 Å². The lowest BCUT2D eigenvalue weighted by molar-refractivity contribution is -0.139. The van der Waals surface area contributed by atoms with Gasteiger partial charge in [-0.2, -0.15) is 12.6 Å². The van der Waals surface area contributed by atoms with Crippen LogP contribution in [0, 0.1) is 0 Å². The number of thiol groups is 1. The average molecular weight is 267 g/mol. The topological polar surface area (TPSA) is 153 Å². The van der Waals surface area contributed by atoms with E-state index < -0.39 is 24.0 Å². The molecule has 0 bridgehead atoms. The van der Waals surface area contributed by atoms with Crippen LogP contribution in [0.25, 0.3) is 0 Å². The first-order chi connectivity index (χ1) is 7.86. The fraction of sp³-hybridized carbons (Fsp3) is 0.778. The van der Waals surface area contributed by atoms with Crippen LogP contribution in [0.3, 0.4) is 0 Å². The molecule has 0 amide bonds. The first-order valence-corrected chi connectivity index (χ1v) is 5.77. The predicted octanol–water partition coefficient (Wildman–Crippen LogP) is -1.14. The summed E-state index contributed by atoms with van der Waals surface area (Å²) in [6, 6.07) is -1.53. The summed E-state index contributed by atoms with van der Waals surface area (Å²) in [5.41, 5.74) is 15.4. The molecule has 0 radical (unpaired) electrons. The van der Waals surface area contributed by atoms with Gasteiger partial charge in [0, 0.05) is 5.75 Å². The number of rotatable bonds is 7. The smallest absolute Gasteiger partial charge is 0.321 e. The van der Waals surface area contributed by atoms with Crippen molar-refractivity contribution < 1.29 is 19.8 Å². The van der Waals surface area contributed by atoms with E-state index in [-0.39, 0.29) is 5.75 Å². The van der Waals surface area contributed by atoms with Gasteiger partial charge in [0.2, 0.25) is 0 Å². The van der Waals surface area contributed by atoms with E-state index in [1.54, 1.807) is 0 Å². The van der Waals surface area contributed by atoms with Gasteiger partial charge in [-0.15, -0.1) is 0 Å². The number of nitrogens with two attached hydrogens (primary N) is 3. The summed E-state index contributed by atoms with van der Waals surface area (Å²) in [7, 11) is 0. The largest absolute Gasteiger partial charge is 0.480 e. The Morgan fingerprint density at radius 1 is 1.06 bits per heavy atom. The lowest BCUT2D eigenvalue weighted by Crippen LogP contribution is -2.31. The molecule has 102 valence electrons. The third kappa shape index (κ3) is 13.1. The predicted molar refractivity (Wildman–Crippen MR) is 68.0 cm³/mol. The summed E-state index contributed by atoms with van der Waals surface area (Å²) in [5, 5.41) is 16.3. The maximum Gasteiger partial charge on any atom is 0.321 e. The average Bonchev–Trinajstić information content (AvgIpc) is 2.28. The van der Waals surface area contributed by atoms with E-state index >= 15 is 0 Å². The summed E-state index contributed by atoms with van der Waals surface area (Å²) in [6.45, 7) is 0.604. The minimum Gasteiger partial charge on any atom is -0.480 e. The highest BCUT2D eigenvalue weighted by Crippen LogP contribution is 1.96. The zero-order valence-corrected chi connectivity index (χ0v) is 10.5. The highest BCUT2D eigenvalue weighted by Gasteiger charge is 2.09. The molecule has 8 heteroatoms. The van der Waals surface area contributed by atoms with Crippen LogP contribution in [0.15, 0.2) is 0 Å². The molecule has 0 aliphatic carbocycles. The summed E-state index contributed by atoms with van der Waals surface area (Å²) >= 11 is 3.65. The summed E-state index contributed by atoms with van der Waals surface area (Å²) in [6.07, 6.45) is 2.16. The first-order valence-electron chi connectivity index (χ1n) is 5.14. The third-order valence-corrected chi connectivity index (χ3v) is 2.19. The van der Waals surface area contributed by atoms with E-state index in [9.17, 15) is 9.59 Å². The lowest BCUT2D eigenvalue weighted by atomic mass is 10.1. The Kier molecular flexibility index (Phi) is 12.7. The van der Waals surface area contributed by atoms with Crippen molar-refractivity contribution in [2.75, 3.05) is 12.3 Å². The molecule has 0 saturated carbocycles. The number of carboxylic acids is 2. The van der Waals surface area contributed by atoms with Crippen LogP contribution in [0.2, 0.25) is 0 Å². The van der Waals surface area contributed by atoms with Gasteiger partial charge in [-0.25, -0.2) is 0 Å². The van der Waals surface area contributed by atoms with Gasteiger partial charge in [-0.1, -0.05) is 6.42 Å². The molecular formula is C9H21N3O4S. The molecule has 0 saturated heterocycles. The zero-order chi connectivity index (χ0) is 13.8. The Morgan fingerprint density at radius 2 is 1.53 bits per heavy atom. The quantitative estimate of drug-likeness (QED) is 0.252. The SMILES string of the molecule is NCCCC[C@H](N)C(=O)O.N[C@@H](CS)C(=O)O. The second-order valence-corrected chi connectivity index (χ2v) is 3.72. The standard InChI is InChI=1S/C6H14N2O2.C3H7NO2S/c7-4-2-1-3-5(8)6(9)10;4-2(1-7)3(5)6/h5H,1-4,7-8H2,(H,9,10);2,7H,1,4H2,(H,5,6)/t5-;2-/m00/s1.